The van der Waals surface area contributed by atoms with Gasteiger partial charge < -0.3 is 4.57 Å². The molecule has 0 amide bonds. The average Bonchev–Trinajstić information content (AvgIpc) is 3.09. The predicted molar refractivity (Wildman–Crippen MR) is 107 cm³/mol. The Balaban J connectivity index is 2.17. The lowest BCUT2D eigenvalue weighted by molar-refractivity contribution is 0.424. The summed E-state index contributed by atoms with van der Waals surface area (Å²) in [5, 5.41) is 5.48. The van der Waals surface area contributed by atoms with Gasteiger partial charge in [0.1, 0.15) is 0 Å². The summed E-state index contributed by atoms with van der Waals surface area (Å²) in [5.74, 6) is 0. The van der Waals surface area contributed by atoms with Crippen LogP contribution >= 0.6 is 11.3 Å². The monoisotopic (exact) mass is 329 g/mol. The fraction of sp³-hybridized carbons (Fsp3) is 0.182. The van der Waals surface area contributed by atoms with Crippen molar-refractivity contribution in [3.63, 3.8) is 0 Å². The van der Waals surface area contributed by atoms with E-state index >= 15 is 0 Å². The van der Waals surface area contributed by atoms with Gasteiger partial charge >= 0.3 is 0 Å². The number of para-hydroxylation sites is 1. The Morgan fingerprint density at radius 3 is 2.21 bits per heavy atom. The first-order valence-corrected chi connectivity index (χ1v) is 9.21. The average molecular weight is 329 g/mol. The molecule has 0 saturated carbocycles. The van der Waals surface area contributed by atoms with Crippen LogP contribution in [-0.4, -0.2) is 4.57 Å². The minimum Gasteiger partial charge on any atom is -0.335 e. The summed E-state index contributed by atoms with van der Waals surface area (Å²) >= 11 is 1.89. The van der Waals surface area contributed by atoms with Gasteiger partial charge in [0.2, 0.25) is 0 Å². The molecule has 24 heavy (non-hydrogen) atoms. The molecule has 0 aliphatic heterocycles. The molecule has 5 rings (SSSR count). The van der Waals surface area contributed by atoms with Crippen LogP contribution in [-0.2, 0) is 5.54 Å². The fourth-order valence-corrected chi connectivity index (χ4v) is 5.07. The largest absolute Gasteiger partial charge is 0.335 e. The number of aromatic nitrogens is 1. The molecule has 0 saturated heterocycles. The second-order valence-electron chi connectivity index (χ2n) is 7.46. The summed E-state index contributed by atoms with van der Waals surface area (Å²) in [7, 11) is 0. The third-order valence-corrected chi connectivity index (χ3v) is 5.98. The van der Waals surface area contributed by atoms with E-state index in [1.54, 1.807) is 0 Å². The molecule has 0 aliphatic rings. The van der Waals surface area contributed by atoms with Gasteiger partial charge in [-0.25, -0.2) is 0 Å². The molecule has 0 aliphatic carbocycles. The van der Waals surface area contributed by atoms with E-state index in [0.717, 1.165) is 0 Å². The highest BCUT2D eigenvalue weighted by Gasteiger charge is 2.23. The van der Waals surface area contributed by atoms with Gasteiger partial charge in [-0.2, -0.15) is 0 Å². The van der Waals surface area contributed by atoms with E-state index in [9.17, 15) is 0 Å². The molecule has 0 spiro atoms. The lowest BCUT2D eigenvalue weighted by Gasteiger charge is -2.24. The van der Waals surface area contributed by atoms with Crippen molar-refractivity contribution in [3.8, 4) is 0 Å². The first kappa shape index (κ1) is 14.1. The highest BCUT2D eigenvalue weighted by molar-refractivity contribution is 7.26. The molecule has 0 N–H and O–H groups in total. The number of nitrogens with zero attached hydrogens (tertiary/aromatic N) is 1. The molecule has 0 unspecified atom stereocenters. The molecule has 2 heterocycles. The molecule has 0 atom stereocenters. The van der Waals surface area contributed by atoms with Crippen LogP contribution in [0, 0.1) is 0 Å². The van der Waals surface area contributed by atoms with Crippen LogP contribution in [0.25, 0.3) is 42.0 Å². The van der Waals surface area contributed by atoms with Crippen LogP contribution in [0.3, 0.4) is 0 Å². The summed E-state index contributed by atoms with van der Waals surface area (Å²) in [6.07, 6.45) is 0. The maximum atomic E-state index is 2.53. The zero-order chi connectivity index (χ0) is 16.5. The Morgan fingerprint density at radius 1 is 0.708 bits per heavy atom. The molecule has 0 bridgehead atoms. The van der Waals surface area contributed by atoms with E-state index < -0.39 is 0 Å². The van der Waals surface area contributed by atoms with Crippen molar-refractivity contribution >= 4 is 53.3 Å². The van der Waals surface area contributed by atoms with Crippen molar-refractivity contribution in [2.45, 2.75) is 26.3 Å². The van der Waals surface area contributed by atoms with Gasteiger partial charge in [0.15, 0.2) is 0 Å². The maximum Gasteiger partial charge on any atom is 0.0590 e. The molecule has 5 aromatic rings. The SMILES string of the molecule is CC(C)(C)n1c2ccccc2c2ccc3sc4ccccc4c3c21. The van der Waals surface area contributed by atoms with E-state index in [2.05, 4.69) is 86.0 Å². The normalized spacial score (nSPS) is 12.8. The number of hydrogen-bond donors (Lipinski definition) is 0. The molecule has 3 aromatic carbocycles. The van der Waals surface area contributed by atoms with E-state index in [-0.39, 0.29) is 5.54 Å². The zero-order valence-corrected chi connectivity index (χ0v) is 14.9. The van der Waals surface area contributed by atoms with E-state index in [1.165, 1.54) is 42.0 Å². The number of benzene rings is 3. The standard InChI is InChI=1S/C22H19NS/c1-22(2,3)23-17-10-6-4-8-14(17)15-12-13-19-20(21(15)23)16-9-5-7-11-18(16)24-19/h4-13H,1-3H3. The summed E-state index contributed by atoms with van der Waals surface area (Å²) < 4.78 is 5.27. The van der Waals surface area contributed by atoms with Gasteiger partial charge in [0.25, 0.3) is 0 Å². The Labute approximate surface area is 145 Å². The molecular formula is C22H19NS. The molecule has 2 heteroatoms. The highest BCUT2D eigenvalue weighted by atomic mass is 32.1. The quantitative estimate of drug-likeness (QED) is 0.291. The third-order valence-electron chi connectivity index (χ3n) is 4.85. The second-order valence-corrected chi connectivity index (χ2v) is 8.54. The van der Waals surface area contributed by atoms with Crippen molar-refractivity contribution in [1.29, 1.82) is 0 Å². The molecule has 118 valence electrons. The third kappa shape index (κ3) is 1.75. The van der Waals surface area contributed by atoms with Crippen molar-refractivity contribution in [2.75, 3.05) is 0 Å². The fourth-order valence-electron chi connectivity index (χ4n) is 3.96. The Bertz CT molecular complexity index is 1230. The topological polar surface area (TPSA) is 4.93 Å². The molecular weight excluding hydrogens is 310 g/mol. The summed E-state index contributed by atoms with van der Waals surface area (Å²) in [4.78, 5) is 0. The second kappa shape index (κ2) is 4.61. The van der Waals surface area contributed by atoms with E-state index in [1.807, 2.05) is 11.3 Å². The highest BCUT2D eigenvalue weighted by Crippen LogP contribution is 2.43. The van der Waals surface area contributed by atoms with Gasteiger partial charge in [-0.05, 0) is 39.0 Å². The van der Waals surface area contributed by atoms with Gasteiger partial charge in [0, 0.05) is 42.0 Å². The summed E-state index contributed by atoms with van der Waals surface area (Å²) in [5.41, 5.74) is 2.72. The summed E-state index contributed by atoms with van der Waals surface area (Å²) in [6.45, 7) is 6.89. The van der Waals surface area contributed by atoms with Crippen LogP contribution in [0.15, 0.2) is 60.7 Å². The molecule has 0 fully saturated rings. The van der Waals surface area contributed by atoms with Crippen LogP contribution < -0.4 is 0 Å². The van der Waals surface area contributed by atoms with Gasteiger partial charge in [-0.3, -0.25) is 0 Å². The van der Waals surface area contributed by atoms with Crippen LogP contribution in [0.1, 0.15) is 20.8 Å². The number of thiophene rings is 1. The summed E-state index contributed by atoms with van der Waals surface area (Å²) in [6, 6.07) is 22.2. The molecule has 2 aromatic heterocycles. The van der Waals surface area contributed by atoms with E-state index in [4.69, 9.17) is 0 Å². The van der Waals surface area contributed by atoms with Crippen LogP contribution in [0.2, 0.25) is 0 Å². The number of fused-ring (bicyclic) bond motifs is 7. The molecule has 1 nitrogen and oxygen atoms in total. The van der Waals surface area contributed by atoms with Crippen molar-refractivity contribution in [3.05, 3.63) is 60.7 Å². The predicted octanol–water partition coefficient (Wildman–Crippen LogP) is 6.92. The number of rotatable bonds is 0. The van der Waals surface area contributed by atoms with Crippen molar-refractivity contribution in [1.82, 2.24) is 4.57 Å². The smallest absolute Gasteiger partial charge is 0.0590 e. The van der Waals surface area contributed by atoms with Gasteiger partial charge in [0.05, 0.1) is 5.52 Å². The van der Waals surface area contributed by atoms with Crippen LogP contribution in [0.4, 0.5) is 0 Å². The minimum atomic E-state index is 0.0265. The van der Waals surface area contributed by atoms with Gasteiger partial charge in [-0.15, -0.1) is 11.3 Å². The van der Waals surface area contributed by atoms with Crippen molar-refractivity contribution in [2.24, 2.45) is 0 Å². The maximum absolute atomic E-state index is 2.53. The van der Waals surface area contributed by atoms with Crippen molar-refractivity contribution < 1.29 is 0 Å². The Morgan fingerprint density at radius 2 is 1.42 bits per heavy atom. The molecule has 0 radical (unpaired) electrons. The van der Waals surface area contributed by atoms with Crippen LogP contribution in [0.5, 0.6) is 0 Å². The Kier molecular flexibility index (Phi) is 2.70. The lowest BCUT2D eigenvalue weighted by atomic mass is 10.1. The Hall–Kier alpha value is -2.32. The first-order chi connectivity index (χ1) is 11.6. The van der Waals surface area contributed by atoms with Gasteiger partial charge in [-0.1, -0.05) is 42.5 Å². The minimum absolute atomic E-state index is 0.0265. The lowest BCUT2D eigenvalue weighted by Crippen LogP contribution is -2.21. The number of hydrogen-bond acceptors (Lipinski definition) is 1. The zero-order valence-electron chi connectivity index (χ0n) is 14.1. The first-order valence-electron chi connectivity index (χ1n) is 8.39. The van der Waals surface area contributed by atoms with E-state index in [0.29, 0.717) is 0 Å².